The van der Waals surface area contributed by atoms with Crippen molar-refractivity contribution < 1.29 is 37.3 Å². The van der Waals surface area contributed by atoms with Gasteiger partial charge in [0.1, 0.15) is 6.04 Å². The van der Waals surface area contributed by atoms with E-state index in [2.05, 4.69) is 22.1 Å². The lowest BCUT2D eigenvalue weighted by Gasteiger charge is -2.44. The van der Waals surface area contributed by atoms with Gasteiger partial charge in [-0.25, -0.2) is 4.79 Å². The number of nitrogens with zero attached hydrogens (tertiary/aromatic N) is 3. The monoisotopic (exact) mass is 721 g/mol. The molecule has 11 nitrogen and oxygen atoms in total. The van der Waals surface area contributed by atoms with Crippen LogP contribution in [-0.4, -0.2) is 80.8 Å². The second-order valence-electron chi connectivity index (χ2n) is 13.9. The van der Waals surface area contributed by atoms with E-state index in [1.807, 2.05) is 53.1 Å². The van der Waals surface area contributed by atoms with Crippen molar-refractivity contribution in [2.75, 3.05) is 31.5 Å². The Kier molecular flexibility index (Phi) is 10.3. The number of carbonyl (C=O) groups is 2. The molecule has 5 atom stereocenters. The molecule has 52 heavy (non-hydrogen) atoms. The van der Waals surface area contributed by atoms with Crippen molar-refractivity contribution in [2.24, 2.45) is 5.92 Å². The number of amides is 2. The number of nitrogens with one attached hydrogen (secondary N) is 2. The van der Waals surface area contributed by atoms with Crippen LogP contribution in [0.1, 0.15) is 67.7 Å². The summed E-state index contributed by atoms with van der Waals surface area (Å²) < 4.78 is 54.7. The van der Waals surface area contributed by atoms with Crippen molar-refractivity contribution in [3.8, 4) is 0 Å². The number of hydrogen-bond acceptors (Lipinski definition) is 7. The molecule has 0 saturated carbocycles. The standard InChI is InChI=1S/C38H42F3N5O6/c1-23-32(21-44-18-15-28(16-19-44)46-30-9-3-2-8-29(30)43-37(46)50)51-35(52-33(23)25-13-11-24(22-47)12-14-25)26-6-4-7-27(20-26)42-34(48)31-10-5-17-45(31)36(49)38(39,40)41/h2-4,6-9,11-14,20,23,28,31-33,35,47H,5,10,15-19,21-22H2,1H3,(H,42,48)(H,43,50)/t23-,31+,32+,33+,35+/m1/s1. The van der Waals surface area contributed by atoms with E-state index in [-0.39, 0.29) is 49.4 Å². The Balaban J connectivity index is 1.08. The first kappa shape index (κ1) is 35.9. The number of anilines is 1. The van der Waals surface area contributed by atoms with Crippen molar-refractivity contribution in [3.63, 3.8) is 0 Å². The number of fused-ring (bicyclic) bond motifs is 1. The second-order valence-corrected chi connectivity index (χ2v) is 13.9. The summed E-state index contributed by atoms with van der Waals surface area (Å²) in [5.74, 6) is -2.78. The summed E-state index contributed by atoms with van der Waals surface area (Å²) in [5.41, 5.74) is 4.26. The number of aliphatic hydroxyl groups is 1. The lowest BCUT2D eigenvalue weighted by molar-refractivity contribution is -0.276. The highest BCUT2D eigenvalue weighted by Crippen LogP contribution is 2.42. The minimum absolute atomic E-state index is 0.0688. The first-order valence-corrected chi connectivity index (χ1v) is 17.7. The normalized spacial score (nSPS) is 24.7. The van der Waals surface area contributed by atoms with Crippen molar-refractivity contribution in [2.45, 2.75) is 76.0 Å². The number of aromatic amines is 1. The van der Waals surface area contributed by atoms with E-state index in [0.717, 1.165) is 48.1 Å². The van der Waals surface area contributed by atoms with Crippen LogP contribution < -0.4 is 11.0 Å². The molecule has 3 saturated heterocycles. The number of rotatable bonds is 8. The molecular weight excluding hydrogens is 679 g/mol. The number of piperidine rings is 1. The SMILES string of the molecule is C[C@@H]1[C@H](CN2CCC(n3c(=O)[nH]c4ccccc43)CC2)O[C@H](c2cccc(NC(=O)[C@@H]3CCCN3C(=O)C(F)(F)F)c2)O[C@@H]1c1ccc(CO)cc1. The second kappa shape index (κ2) is 14.9. The van der Waals surface area contributed by atoms with Gasteiger partial charge in [0.2, 0.25) is 5.91 Å². The third kappa shape index (κ3) is 7.38. The van der Waals surface area contributed by atoms with E-state index >= 15 is 0 Å². The van der Waals surface area contributed by atoms with Crippen LogP contribution >= 0.6 is 0 Å². The van der Waals surface area contributed by atoms with Gasteiger partial charge in [-0.3, -0.25) is 14.2 Å². The third-order valence-electron chi connectivity index (χ3n) is 10.6. The summed E-state index contributed by atoms with van der Waals surface area (Å²) in [7, 11) is 0. The van der Waals surface area contributed by atoms with Gasteiger partial charge in [0.05, 0.1) is 29.8 Å². The zero-order valence-corrected chi connectivity index (χ0v) is 28.7. The predicted molar refractivity (Wildman–Crippen MR) is 186 cm³/mol. The molecule has 0 unspecified atom stereocenters. The zero-order chi connectivity index (χ0) is 36.6. The van der Waals surface area contributed by atoms with Gasteiger partial charge in [-0.15, -0.1) is 0 Å². The Morgan fingerprint density at radius 3 is 2.42 bits per heavy atom. The maximum Gasteiger partial charge on any atom is 0.471 e. The molecule has 0 bridgehead atoms. The van der Waals surface area contributed by atoms with Gasteiger partial charge in [-0.05, 0) is 61.1 Å². The van der Waals surface area contributed by atoms with Crippen LogP contribution in [0.5, 0.6) is 0 Å². The average molecular weight is 722 g/mol. The van der Waals surface area contributed by atoms with E-state index in [4.69, 9.17) is 9.47 Å². The van der Waals surface area contributed by atoms with Crippen molar-refractivity contribution in [1.82, 2.24) is 19.4 Å². The molecule has 1 aromatic heterocycles. The molecule has 0 aliphatic carbocycles. The van der Waals surface area contributed by atoms with Crippen LogP contribution in [-0.2, 0) is 25.7 Å². The summed E-state index contributed by atoms with van der Waals surface area (Å²) in [6, 6.07) is 20.9. The minimum Gasteiger partial charge on any atom is -0.392 e. The van der Waals surface area contributed by atoms with Gasteiger partial charge in [-0.1, -0.05) is 55.5 Å². The fraction of sp³-hybridized carbons (Fsp3) is 0.447. The first-order valence-electron chi connectivity index (χ1n) is 17.7. The Morgan fingerprint density at radius 1 is 0.942 bits per heavy atom. The summed E-state index contributed by atoms with van der Waals surface area (Å²) >= 11 is 0. The molecule has 4 heterocycles. The summed E-state index contributed by atoms with van der Waals surface area (Å²) in [5, 5.41) is 12.3. The number of aliphatic hydroxyl groups excluding tert-OH is 1. The molecule has 3 N–H and O–H groups in total. The van der Waals surface area contributed by atoms with Crippen LogP contribution in [0.15, 0.2) is 77.6 Å². The minimum atomic E-state index is -5.06. The summed E-state index contributed by atoms with van der Waals surface area (Å²) in [6.45, 7) is 4.00. The molecule has 3 aliphatic heterocycles. The number of alkyl halides is 3. The molecule has 0 radical (unpaired) electrons. The molecule has 4 aromatic rings. The number of imidazole rings is 1. The average Bonchev–Trinajstić information content (AvgIpc) is 3.77. The number of ether oxygens (including phenoxy) is 2. The number of likely N-dealkylation sites (tertiary alicyclic amines) is 2. The lowest BCUT2D eigenvalue weighted by atomic mass is 9.89. The molecule has 7 rings (SSSR count). The number of para-hydroxylation sites is 2. The molecule has 14 heteroatoms. The smallest absolute Gasteiger partial charge is 0.392 e. The van der Waals surface area contributed by atoms with Crippen LogP contribution in [0.3, 0.4) is 0 Å². The van der Waals surface area contributed by atoms with E-state index in [1.54, 1.807) is 24.3 Å². The highest BCUT2D eigenvalue weighted by atomic mass is 19.4. The quantitative estimate of drug-likeness (QED) is 0.221. The summed E-state index contributed by atoms with van der Waals surface area (Å²) in [6.07, 6.45) is -4.53. The van der Waals surface area contributed by atoms with Gasteiger partial charge < -0.3 is 34.7 Å². The fourth-order valence-corrected chi connectivity index (χ4v) is 7.81. The van der Waals surface area contributed by atoms with E-state index in [0.29, 0.717) is 29.1 Å². The van der Waals surface area contributed by atoms with Gasteiger partial charge in [0.25, 0.3) is 0 Å². The Labute approximate surface area is 298 Å². The highest BCUT2D eigenvalue weighted by Gasteiger charge is 2.48. The number of benzene rings is 3. The van der Waals surface area contributed by atoms with Crippen molar-refractivity contribution in [1.29, 1.82) is 0 Å². The first-order chi connectivity index (χ1) is 25.0. The molecule has 276 valence electrons. The van der Waals surface area contributed by atoms with E-state index < -0.39 is 30.3 Å². The number of hydrogen-bond donors (Lipinski definition) is 3. The van der Waals surface area contributed by atoms with Crippen molar-refractivity contribution in [3.05, 3.63) is 100.0 Å². The number of carbonyl (C=O) groups excluding carboxylic acids is 2. The lowest BCUT2D eigenvalue weighted by Crippen LogP contribution is -2.48. The largest absolute Gasteiger partial charge is 0.471 e. The van der Waals surface area contributed by atoms with Gasteiger partial charge >= 0.3 is 17.8 Å². The molecule has 3 aliphatic rings. The topological polar surface area (TPSA) is 129 Å². The number of aromatic nitrogens is 2. The molecule has 3 aromatic carbocycles. The van der Waals surface area contributed by atoms with E-state index in [9.17, 15) is 32.7 Å². The zero-order valence-electron chi connectivity index (χ0n) is 28.7. The number of H-pyrrole nitrogens is 1. The van der Waals surface area contributed by atoms with Crippen molar-refractivity contribution >= 4 is 28.5 Å². The molecule has 2 amide bonds. The molecular formula is C38H42F3N5O6. The van der Waals surface area contributed by atoms with Gasteiger partial charge in [-0.2, -0.15) is 13.2 Å². The van der Waals surface area contributed by atoms with Crippen LogP contribution in [0, 0.1) is 5.92 Å². The Hall–Kier alpha value is -4.50. The fourth-order valence-electron chi connectivity index (χ4n) is 7.81. The maximum atomic E-state index is 13.2. The van der Waals surface area contributed by atoms with Gasteiger partial charge in [0, 0.05) is 49.4 Å². The Morgan fingerprint density at radius 2 is 1.69 bits per heavy atom. The maximum absolute atomic E-state index is 13.2. The van der Waals surface area contributed by atoms with Crippen LogP contribution in [0.25, 0.3) is 11.0 Å². The predicted octanol–water partition coefficient (Wildman–Crippen LogP) is 5.44. The number of halogens is 3. The summed E-state index contributed by atoms with van der Waals surface area (Å²) in [4.78, 5) is 43.9. The van der Waals surface area contributed by atoms with E-state index in [1.165, 1.54) is 0 Å². The highest BCUT2D eigenvalue weighted by molar-refractivity contribution is 5.98. The molecule has 3 fully saturated rings. The van der Waals surface area contributed by atoms with Crippen LogP contribution in [0.2, 0.25) is 0 Å². The van der Waals surface area contributed by atoms with Gasteiger partial charge in [0.15, 0.2) is 6.29 Å². The third-order valence-corrected chi connectivity index (χ3v) is 10.6. The van der Waals surface area contributed by atoms with Crippen LogP contribution in [0.4, 0.5) is 18.9 Å². The Bertz CT molecular complexity index is 1950. The molecule has 0 spiro atoms.